The summed E-state index contributed by atoms with van der Waals surface area (Å²) in [6, 6.07) is 3.73. The van der Waals surface area contributed by atoms with Gasteiger partial charge in [-0.1, -0.05) is 32.4 Å². The van der Waals surface area contributed by atoms with Gasteiger partial charge in [0.25, 0.3) is 5.91 Å². The normalized spacial score (nSPS) is 24.7. The highest BCUT2D eigenvalue weighted by atomic mass is 16.5. The van der Waals surface area contributed by atoms with E-state index in [9.17, 15) is 24.3 Å². The second-order valence-electron chi connectivity index (χ2n) is 7.22. The average molecular weight is 405 g/mol. The number of hydrogen-bond acceptors (Lipinski definition) is 5. The number of carbonyl (C=O) groups excluding carboxylic acids is 3. The minimum atomic E-state index is -1.45. The minimum Gasteiger partial charge on any atom is -0.491 e. The molecular formula is C20H27N3O6. The van der Waals surface area contributed by atoms with E-state index in [2.05, 4.69) is 16.0 Å². The molecule has 9 heteroatoms. The molecule has 1 heterocycles. The van der Waals surface area contributed by atoms with Gasteiger partial charge in [0.15, 0.2) is 0 Å². The standard InChI is InChI=1S/C20H27N3O6/c1-4-11(2)17-19(26)21-12(3)10-29-15-8-6-5-7-13(15)18(25)22-14(20(27)28)9-16(24)23-17/h5-8,11-12,14,17H,4,9-10H2,1-3H3,(H,21,26)(H,22,25)(H,23,24)(H,27,28)/t11-,12+,14+,17+/m1/s1. The van der Waals surface area contributed by atoms with E-state index in [0.29, 0.717) is 6.42 Å². The third-order valence-electron chi connectivity index (χ3n) is 4.81. The molecular weight excluding hydrogens is 378 g/mol. The van der Waals surface area contributed by atoms with E-state index < -0.39 is 36.3 Å². The van der Waals surface area contributed by atoms with E-state index >= 15 is 0 Å². The molecule has 3 amide bonds. The van der Waals surface area contributed by atoms with Gasteiger partial charge in [0.1, 0.15) is 24.4 Å². The fourth-order valence-corrected chi connectivity index (χ4v) is 2.92. The van der Waals surface area contributed by atoms with Crippen LogP contribution < -0.4 is 20.7 Å². The van der Waals surface area contributed by atoms with Gasteiger partial charge in [-0.15, -0.1) is 0 Å². The van der Waals surface area contributed by atoms with Gasteiger partial charge in [-0.25, -0.2) is 4.79 Å². The summed E-state index contributed by atoms with van der Waals surface area (Å²) in [5, 5.41) is 17.2. The van der Waals surface area contributed by atoms with Gasteiger partial charge in [0.2, 0.25) is 11.8 Å². The largest absolute Gasteiger partial charge is 0.491 e. The maximum Gasteiger partial charge on any atom is 0.326 e. The van der Waals surface area contributed by atoms with Crippen LogP contribution in [-0.4, -0.2) is 53.5 Å². The van der Waals surface area contributed by atoms with Crippen LogP contribution in [0.3, 0.4) is 0 Å². The number of ether oxygens (including phenoxy) is 1. The Labute approximate surface area is 169 Å². The molecule has 1 aromatic carbocycles. The molecule has 0 fully saturated rings. The maximum absolute atomic E-state index is 12.7. The van der Waals surface area contributed by atoms with Crippen LogP contribution in [0.25, 0.3) is 0 Å². The second-order valence-corrected chi connectivity index (χ2v) is 7.22. The minimum absolute atomic E-state index is 0.0968. The van der Waals surface area contributed by atoms with Crippen molar-refractivity contribution >= 4 is 23.7 Å². The third kappa shape index (κ3) is 5.94. The van der Waals surface area contributed by atoms with Crippen molar-refractivity contribution in [3.05, 3.63) is 29.8 Å². The SMILES string of the molecule is CC[C@@H](C)[C@@H]1NC(=O)C[C@@H](C(=O)O)NC(=O)c2ccccc2OC[C@H](C)NC1=O. The molecule has 0 saturated carbocycles. The number of carboxylic acids is 1. The zero-order valence-electron chi connectivity index (χ0n) is 16.7. The molecule has 0 bridgehead atoms. The molecule has 0 saturated heterocycles. The Balaban J connectivity index is 2.36. The molecule has 0 aromatic heterocycles. The van der Waals surface area contributed by atoms with Crippen molar-refractivity contribution in [2.75, 3.05) is 6.61 Å². The first kappa shape index (κ1) is 22.2. The Hall–Kier alpha value is -3.10. The van der Waals surface area contributed by atoms with Gasteiger partial charge in [-0.2, -0.15) is 0 Å². The van der Waals surface area contributed by atoms with Crippen LogP contribution >= 0.6 is 0 Å². The Morgan fingerprint density at radius 1 is 1.21 bits per heavy atom. The Bertz CT molecular complexity index is 781. The summed E-state index contributed by atoms with van der Waals surface area (Å²) in [5.41, 5.74) is 0.146. The Morgan fingerprint density at radius 3 is 2.55 bits per heavy atom. The highest BCUT2D eigenvalue weighted by Gasteiger charge is 2.31. The van der Waals surface area contributed by atoms with Crippen LogP contribution in [0.15, 0.2) is 24.3 Å². The van der Waals surface area contributed by atoms with E-state index in [-0.39, 0.29) is 35.8 Å². The highest BCUT2D eigenvalue weighted by molar-refractivity contribution is 6.00. The predicted octanol–water partition coefficient (Wildman–Crippen LogP) is 0.688. The van der Waals surface area contributed by atoms with Gasteiger partial charge in [-0.05, 0) is 25.0 Å². The van der Waals surface area contributed by atoms with Gasteiger partial charge < -0.3 is 25.8 Å². The first-order valence-corrected chi connectivity index (χ1v) is 9.58. The molecule has 1 aliphatic rings. The number of hydrogen-bond donors (Lipinski definition) is 4. The number of para-hydroxylation sites is 1. The number of nitrogens with one attached hydrogen (secondary N) is 3. The van der Waals surface area contributed by atoms with Gasteiger partial charge in [0, 0.05) is 0 Å². The summed E-state index contributed by atoms with van der Waals surface area (Å²) in [5.74, 6) is -2.92. The summed E-state index contributed by atoms with van der Waals surface area (Å²) >= 11 is 0. The molecule has 29 heavy (non-hydrogen) atoms. The predicted molar refractivity (Wildman–Crippen MR) is 104 cm³/mol. The fraction of sp³-hybridized carbons (Fsp3) is 0.500. The molecule has 158 valence electrons. The van der Waals surface area contributed by atoms with Crippen LogP contribution in [0.2, 0.25) is 0 Å². The van der Waals surface area contributed by atoms with Gasteiger partial charge in [-0.3, -0.25) is 14.4 Å². The first-order chi connectivity index (χ1) is 13.7. The topological polar surface area (TPSA) is 134 Å². The molecule has 0 aliphatic carbocycles. The van der Waals surface area contributed by atoms with Crippen molar-refractivity contribution in [1.82, 2.24) is 16.0 Å². The van der Waals surface area contributed by atoms with Crippen molar-refractivity contribution in [1.29, 1.82) is 0 Å². The molecule has 4 N–H and O–H groups in total. The van der Waals surface area contributed by atoms with E-state index in [4.69, 9.17) is 4.74 Å². The van der Waals surface area contributed by atoms with E-state index in [1.165, 1.54) is 6.07 Å². The average Bonchev–Trinajstić information content (AvgIpc) is 2.68. The summed E-state index contributed by atoms with van der Waals surface area (Å²) < 4.78 is 5.69. The molecule has 2 rings (SSSR count). The quantitative estimate of drug-likeness (QED) is 0.585. The van der Waals surface area contributed by atoms with Gasteiger partial charge in [0.05, 0.1) is 18.0 Å². The summed E-state index contributed by atoms with van der Waals surface area (Å²) in [7, 11) is 0. The molecule has 0 radical (unpaired) electrons. The lowest BCUT2D eigenvalue weighted by molar-refractivity contribution is -0.141. The Kier molecular flexibility index (Phi) is 7.58. The summed E-state index contributed by atoms with van der Waals surface area (Å²) in [6.07, 6.45) is 0.135. The molecule has 0 spiro atoms. The first-order valence-electron chi connectivity index (χ1n) is 9.58. The molecule has 1 aromatic rings. The Morgan fingerprint density at radius 2 is 1.90 bits per heavy atom. The molecule has 0 unspecified atom stereocenters. The molecule has 1 aliphatic heterocycles. The molecule has 9 nitrogen and oxygen atoms in total. The number of amides is 3. The van der Waals surface area contributed by atoms with Gasteiger partial charge >= 0.3 is 5.97 Å². The smallest absolute Gasteiger partial charge is 0.326 e. The zero-order chi connectivity index (χ0) is 21.6. The maximum atomic E-state index is 12.7. The van der Waals surface area contributed by atoms with Crippen LogP contribution in [0.5, 0.6) is 5.75 Å². The van der Waals surface area contributed by atoms with Crippen molar-refractivity contribution in [2.24, 2.45) is 5.92 Å². The van der Waals surface area contributed by atoms with Crippen LogP contribution in [0, 0.1) is 5.92 Å². The molecule has 4 atom stereocenters. The lowest BCUT2D eigenvalue weighted by Gasteiger charge is -2.27. The number of carboxylic acid groups (broad SMARTS) is 1. The number of rotatable bonds is 3. The van der Waals surface area contributed by atoms with E-state index in [1.54, 1.807) is 25.1 Å². The van der Waals surface area contributed by atoms with Crippen LogP contribution in [-0.2, 0) is 14.4 Å². The lowest BCUT2D eigenvalue weighted by atomic mass is 9.97. The summed E-state index contributed by atoms with van der Waals surface area (Å²) in [4.78, 5) is 49.3. The lowest BCUT2D eigenvalue weighted by Crippen LogP contribution is -2.54. The van der Waals surface area contributed by atoms with Crippen molar-refractivity contribution in [3.8, 4) is 5.75 Å². The monoisotopic (exact) mass is 405 g/mol. The van der Waals surface area contributed by atoms with Crippen molar-refractivity contribution in [3.63, 3.8) is 0 Å². The van der Waals surface area contributed by atoms with Crippen molar-refractivity contribution < 1.29 is 29.0 Å². The van der Waals surface area contributed by atoms with E-state index in [1.807, 2.05) is 13.8 Å². The number of fused-ring (bicyclic) bond motifs is 1. The zero-order valence-corrected chi connectivity index (χ0v) is 16.7. The summed E-state index contributed by atoms with van der Waals surface area (Å²) in [6.45, 7) is 5.56. The number of benzene rings is 1. The van der Waals surface area contributed by atoms with Crippen LogP contribution in [0.4, 0.5) is 0 Å². The van der Waals surface area contributed by atoms with E-state index in [0.717, 1.165) is 0 Å². The fourth-order valence-electron chi connectivity index (χ4n) is 2.92. The van der Waals surface area contributed by atoms with Crippen LogP contribution in [0.1, 0.15) is 44.0 Å². The highest BCUT2D eigenvalue weighted by Crippen LogP contribution is 2.19. The third-order valence-corrected chi connectivity index (χ3v) is 4.81. The second kappa shape index (κ2) is 9.90. The number of aliphatic carboxylic acids is 1. The van der Waals surface area contributed by atoms with Crippen molar-refractivity contribution in [2.45, 2.75) is 51.7 Å². The number of carbonyl (C=O) groups is 4.